The first-order chi connectivity index (χ1) is 7.18. The van der Waals surface area contributed by atoms with Crippen LogP contribution in [0.15, 0.2) is 18.2 Å². The Hall–Kier alpha value is -1.45. The molecule has 2 rings (SSSR count). The zero-order valence-electron chi connectivity index (χ0n) is 8.09. The van der Waals surface area contributed by atoms with E-state index in [0.717, 1.165) is 25.0 Å². The standard InChI is InChI=1S/C11H11F2NO/c12-8-2-1-3-9(13)10(8)11(15)14-6-7-4-5-7/h1-3,7H,4-6H2,(H,14,15). The van der Waals surface area contributed by atoms with Crippen LogP contribution in [0.4, 0.5) is 8.78 Å². The number of hydrogen-bond donors (Lipinski definition) is 1. The van der Waals surface area contributed by atoms with Crippen molar-refractivity contribution in [2.24, 2.45) is 5.92 Å². The highest BCUT2D eigenvalue weighted by atomic mass is 19.1. The zero-order valence-corrected chi connectivity index (χ0v) is 8.09. The molecular weight excluding hydrogens is 200 g/mol. The molecule has 0 unspecified atom stereocenters. The Morgan fingerprint density at radius 3 is 2.47 bits per heavy atom. The largest absolute Gasteiger partial charge is 0.352 e. The van der Waals surface area contributed by atoms with E-state index in [4.69, 9.17) is 0 Å². The molecule has 0 radical (unpaired) electrons. The topological polar surface area (TPSA) is 29.1 Å². The highest BCUT2D eigenvalue weighted by Gasteiger charge is 2.23. The van der Waals surface area contributed by atoms with Crippen LogP contribution in [0.5, 0.6) is 0 Å². The van der Waals surface area contributed by atoms with Gasteiger partial charge in [-0.05, 0) is 30.9 Å². The summed E-state index contributed by atoms with van der Waals surface area (Å²) in [6.45, 7) is 0.507. The van der Waals surface area contributed by atoms with Gasteiger partial charge in [0, 0.05) is 6.54 Å². The zero-order chi connectivity index (χ0) is 10.8. The maximum Gasteiger partial charge on any atom is 0.257 e. The van der Waals surface area contributed by atoms with E-state index in [9.17, 15) is 13.6 Å². The molecule has 1 aromatic rings. The Morgan fingerprint density at radius 1 is 1.33 bits per heavy atom. The summed E-state index contributed by atoms with van der Waals surface area (Å²) >= 11 is 0. The summed E-state index contributed by atoms with van der Waals surface area (Å²) in [4.78, 5) is 11.4. The summed E-state index contributed by atoms with van der Waals surface area (Å²) in [6.07, 6.45) is 2.17. The van der Waals surface area contributed by atoms with Gasteiger partial charge in [-0.3, -0.25) is 4.79 Å². The third kappa shape index (κ3) is 2.32. The molecule has 1 aliphatic rings. The first kappa shape index (κ1) is 10.1. The summed E-state index contributed by atoms with van der Waals surface area (Å²) in [6, 6.07) is 3.40. The fourth-order valence-corrected chi connectivity index (χ4v) is 1.36. The number of nitrogens with one attached hydrogen (secondary N) is 1. The second-order valence-electron chi connectivity index (χ2n) is 3.75. The van der Waals surface area contributed by atoms with Crippen molar-refractivity contribution in [3.05, 3.63) is 35.4 Å². The smallest absolute Gasteiger partial charge is 0.257 e. The Bertz CT molecular complexity index is 368. The molecule has 4 heteroatoms. The molecule has 80 valence electrons. The van der Waals surface area contributed by atoms with Crippen LogP contribution < -0.4 is 5.32 Å². The van der Waals surface area contributed by atoms with E-state index in [1.807, 2.05) is 0 Å². The first-order valence-corrected chi connectivity index (χ1v) is 4.90. The molecule has 1 fully saturated rings. The lowest BCUT2D eigenvalue weighted by Crippen LogP contribution is -2.27. The average Bonchev–Trinajstić information content (AvgIpc) is 2.97. The highest BCUT2D eigenvalue weighted by molar-refractivity contribution is 5.94. The van der Waals surface area contributed by atoms with Gasteiger partial charge in [-0.15, -0.1) is 0 Å². The van der Waals surface area contributed by atoms with Gasteiger partial charge >= 0.3 is 0 Å². The van der Waals surface area contributed by atoms with Crippen LogP contribution in [0, 0.1) is 17.6 Å². The minimum absolute atomic E-state index is 0.488. The quantitative estimate of drug-likeness (QED) is 0.815. The molecule has 0 heterocycles. The van der Waals surface area contributed by atoms with Crippen LogP contribution in [-0.2, 0) is 0 Å². The van der Waals surface area contributed by atoms with Gasteiger partial charge in [0.2, 0.25) is 0 Å². The molecule has 0 saturated heterocycles. The summed E-state index contributed by atoms with van der Waals surface area (Å²) < 4.78 is 26.3. The van der Waals surface area contributed by atoms with Crippen LogP contribution in [0.1, 0.15) is 23.2 Å². The highest BCUT2D eigenvalue weighted by Crippen LogP contribution is 2.27. The van der Waals surface area contributed by atoms with E-state index in [1.165, 1.54) is 6.07 Å². The van der Waals surface area contributed by atoms with Crippen molar-refractivity contribution in [1.29, 1.82) is 0 Å². The normalized spacial score (nSPS) is 15.1. The summed E-state index contributed by atoms with van der Waals surface area (Å²) in [5.41, 5.74) is -0.488. The molecule has 0 aliphatic heterocycles. The molecule has 1 N–H and O–H groups in total. The fourth-order valence-electron chi connectivity index (χ4n) is 1.36. The molecule has 1 aromatic carbocycles. The molecule has 15 heavy (non-hydrogen) atoms. The summed E-state index contributed by atoms with van der Waals surface area (Å²) in [7, 11) is 0. The van der Waals surface area contributed by atoms with Gasteiger partial charge in [0.15, 0.2) is 0 Å². The van der Waals surface area contributed by atoms with Crippen molar-refractivity contribution in [1.82, 2.24) is 5.32 Å². The predicted octanol–water partition coefficient (Wildman–Crippen LogP) is 2.10. The monoisotopic (exact) mass is 211 g/mol. The van der Waals surface area contributed by atoms with E-state index in [0.29, 0.717) is 12.5 Å². The van der Waals surface area contributed by atoms with Gasteiger partial charge in [0.25, 0.3) is 5.91 Å². The van der Waals surface area contributed by atoms with Gasteiger partial charge in [-0.1, -0.05) is 6.07 Å². The molecular formula is C11H11F2NO. The fraction of sp³-hybridized carbons (Fsp3) is 0.364. The summed E-state index contributed by atoms with van der Waals surface area (Å²) in [5, 5.41) is 2.52. The minimum Gasteiger partial charge on any atom is -0.352 e. The maximum atomic E-state index is 13.1. The molecule has 0 spiro atoms. The first-order valence-electron chi connectivity index (χ1n) is 4.90. The summed E-state index contributed by atoms with van der Waals surface area (Å²) in [5.74, 6) is -1.81. The number of carbonyl (C=O) groups is 1. The van der Waals surface area contributed by atoms with Gasteiger partial charge in [-0.2, -0.15) is 0 Å². The van der Waals surface area contributed by atoms with Gasteiger partial charge in [-0.25, -0.2) is 8.78 Å². The Balaban J connectivity index is 2.09. The van der Waals surface area contributed by atoms with Gasteiger partial charge in [0.05, 0.1) is 0 Å². The Labute approximate surface area is 86.3 Å². The van der Waals surface area contributed by atoms with E-state index < -0.39 is 23.1 Å². The van der Waals surface area contributed by atoms with Crippen LogP contribution in [0.25, 0.3) is 0 Å². The van der Waals surface area contributed by atoms with Crippen LogP contribution >= 0.6 is 0 Å². The lowest BCUT2D eigenvalue weighted by molar-refractivity contribution is 0.0943. The van der Waals surface area contributed by atoms with E-state index in [2.05, 4.69) is 5.32 Å². The van der Waals surface area contributed by atoms with E-state index in [-0.39, 0.29) is 0 Å². The SMILES string of the molecule is O=C(NCC1CC1)c1c(F)cccc1F. The van der Waals surface area contributed by atoms with Crippen molar-refractivity contribution < 1.29 is 13.6 Å². The van der Waals surface area contributed by atoms with Crippen LogP contribution in [0.3, 0.4) is 0 Å². The molecule has 1 saturated carbocycles. The van der Waals surface area contributed by atoms with Gasteiger partial charge < -0.3 is 5.32 Å². The molecule has 1 aliphatic carbocycles. The van der Waals surface area contributed by atoms with Gasteiger partial charge in [0.1, 0.15) is 17.2 Å². The Morgan fingerprint density at radius 2 is 1.93 bits per heavy atom. The number of rotatable bonds is 3. The maximum absolute atomic E-state index is 13.1. The molecule has 1 amide bonds. The lowest BCUT2D eigenvalue weighted by atomic mass is 10.2. The number of carbonyl (C=O) groups excluding carboxylic acids is 1. The Kier molecular flexibility index (Phi) is 2.66. The van der Waals surface area contributed by atoms with Crippen molar-refractivity contribution in [2.45, 2.75) is 12.8 Å². The second-order valence-corrected chi connectivity index (χ2v) is 3.75. The second kappa shape index (κ2) is 3.96. The molecule has 0 bridgehead atoms. The van der Waals surface area contributed by atoms with Crippen LogP contribution in [0.2, 0.25) is 0 Å². The average molecular weight is 211 g/mol. The molecule has 0 atom stereocenters. The lowest BCUT2D eigenvalue weighted by Gasteiger charge is -2.05. The van der Waals surface area contributed by atoms with Crippen molar-refractivity contribution in [3.63, 3.8) is 0 Å². The van der Waals surface area contributed by atoms with Crippen molar-refractivity contribution in [3.8, 4) is 0 Å². The third-order valence-electron chi connectivity index (χ3n) is 2.44. The number of amides is 1. The van der Waals surface area contributed by atoms with Crippen LogP contribution in [-0.4, -0.2) is 12.5 Å². The van der Waals surface area contributed by atoms with Crippen molar-refractivity contribution >= 4 is 5.91 Å². The number of hydrogen-bond acceptors (Lipinski definition) is 1. The van der Waals surface area contributed by atoms with E-state index in [1.54, 1.807) is 0 Å². The van der Waals surface area contributed by atoms with E-state index >= 15 is 0 Å². The number of benzene rings is 1. The predicted molar refractivity (Wildman–Crippen MR) is 51.4 cm³/mol. The third-order valence-corrected chi connectivity index (χ3v) is 2.44. The van der Waals surface area contributed by atoms with Crippen molar-refractivity contribution in [2.75, 3.05) is 6.54 Å². The number of halogens is 2. The molecule has 0 aromatic heterocycles. The molecule has 2 nitrogen and oxygen atoms in total. The minimum atomic E-state index is -0.816.